The minimum Gasteiger partial charge on any atom is -0.454 e. The number of aromatic nitrogens is 1. The Morgan fingerprint density at radius 2 is 2.00 bits per heavy atom. The Hall–Kier alpha value is -3.35. The lowest BCUT2D eigenvalue weighted by Crippen LogP contribution is -2.36. The van der Waals surface area contributed by atoms with Gasteiger partial charge in [-0.25, -0.2) is 4.39 Å². The number of aryl methyl sites for hydroxylation is 1. The van der Waals surface area contributed by atoms with Gasteiger partial charge in [-0.05, 0) is 42.7 Å². The van der Waals surface area contributed by atoms with Gasteiger partial charge in [0.2, 0.25) is 6.79 Å². The number of rotatable bonds is 2. The first-order chi connectivity index (χ1) is 13.2. The maximum absolute atomic E-state index is 14.3. The van der Waals surface area contributed by atoms with E-state index in [4.69, 9.17) is 14.0 Å². The standard InChI is InChI=1S/C20H15FN2O4/c21-14-5-1-3-12-4-2-8-23(19(12)14)20(24)15-10-17(27-22-15)13-6-7-16-18(9-13)26-11-25-16/h1,3,5-7,9-10H,2,4,8,11H2. The van der Waals surface area contributed by atoms with E-state index in [-0.39, 0.29) is 18.4 Å². The van der Waals surface area contributed by atoms with E-state index in [1.54, 1.807) is 30.3 Å². The summed E-state index contributed by atoms with van der Waals surface area (Å²) in [7, 11) is 0. The van der Waals surface area contributed by atoms with Crippen molar-refractivity contribution in [2.24, 2.45) is 0 Å². The van der Waals surface area contributed by atoms with Crippen molar-refractivity contribution in [2.45, 2.75) is 12.8 Å². The molecule has 3 heterocycles. The number of nitrogens with zero attached hydrogens (tertiary/aromatic N) is 2. The molecule has 0 fully saturated rings. The number of carbonyl (C=O) groups is 1. The molecule has 2 aromatic carbocycles. The Bertz CT molecular complexity index is 1050. The van der Waals surface area contributed by atoms with Crippen molar-refractivity contribution in [3.05, 3.63) is 59.5 Å². The Morgan fingerprint density at radius 1 is 1.11 bits per heavy atom. The first kappa shape index (κ1) is 15.9. The highest BCUT2D eigenvalue weighted by molar-refractivity contribution is 6.06. The molecular weight excluding hydrogens is 351 g/mol. The van der Waals surface area contributed by atoms with Gasteiger partial charge in [-0.3, -0.25) is 4.79 Å². The summed E-state index contributed by atoms with van der Waals surface area (Å²) in [5, 5.41) is 3.90. The van der Waals surface area contributed by atoms with Crippen LogP contribution in [-0.4, -0.2) is 24.4 Å². The maximum Gasteiger partial charge on any atom is 0.280 e. The van der Waals surface area contributed by atoms with Gasteiger partial charge in [0.1, 0.15) is 5.82 Å². The second kappa shape index (κ2) is 6.12. The average molecular weight is 366 g/mol. The van der Waals surface area contributed by atoms with Gasteiger partial charge >= 0.3 is 0 Å². The summed E-state index contributed by atoms with van der Waals surface area (Å²) in [6, 6.07) is 11.8. The molecule has 0 bridgehead atoms. The number of ether oxygens (including phenoxy) is 2. The Labute approximate surface area is 154 Å². The molecule has 7 heteroatoms. The van der Waals surface area contributed by atoms with Crippen LogP contribution in [0.4, 0.5) is 10.1 Å². The molecule has 136 valence electrons. The highest BCUT2D eigenvalue weighted by Crippen LogP contribution is 2.36. The third kappa shape index (κ3) is 2.63. The maximum atomic E-state index is 14.3. The van der Waals surface area contributed by atoms with Gasteiger partial charge in [-0.1, -0.05) is 17.3 Å². The van der Waals surface area contributed by atoms with Crippen LogP contribution in [0.15, 0.2) is 47.0 Å². The number of fused-ring (bicyclic) bond motifs is 2. The van der Waals surface area contributed by atoms with Gasteiger partial charge in [0, 0.05) is 18.2 Å². The molecule has 0 aliphatic carbocycles. The van der Waals surface area contributed by atoms with Crippen LogP contribution in [-0.2, 0) is 6.42 Å². The Kier molecular flexibility index (Phi) is 3.60. The fourth-order valence-corrected chi connectivity index (χ4v) is 3.51. The Balaban J connectivity index is 1.46. The van der Waals surface area contributed by atoms with Crippen LogP contribution in [0.3, 0.4) is 0 Å². The number of anilines is 1. The van der Waals surface area contributed by atoms with Crippen molar-refractivity contribution in [3.63, 3.8) is 0 Å². The second-order valence-corrected chi connectivity index (χ2v) is 6.45. The third-order valence-electron chi connectivity index (χ3n) is 4.80. The van der Waals surface area contributed by atoms with E-state index in [0.29, 0.717) is 29.5 Å². The summed E-state index contributed by atoms with van der Waals surface area (Å²) in [5.74, 6) is 0.929. The molecule has 0 saturated heterocycles. The Morgan fingerprint density at radius 3 is 2.93 bits per heavy atom. The van der Waals surface area contributed by atoms with E-state index in [1.165, 1.54) is 11.0 Å². The van der Waals surface area contributed by atoms with Crippen molar-refractivity contribution in [3.8, 4) is 22.8 Å². The van der Waals surface area contributed by atoms with E-state index in [2.05, 4.69) is 5.16 Å². The SMILES string of the molecule is O=C(c1cc(-c2ccc3c(c2)OCO3)on1)N1CCCc2cccc(F)c21. The van der Waals surface area contributed by atoms with Crippen LogP contribution in [0.5, 0.6) is 11.5 Å². The smallest absolute Gasteiger partial charge is 0.280 e. The van der Waals surface area contributed by atoms with Crippen LogP contribution in [0.2, 0.25) is 0 Å². The second-order valence-electron chi connectivity index (χ2n) is 6.45. The lowest BCUT2D eigenvalue weighted by molar-refractivity contribution is 0.0975. The molecule has 0 N–H and O–H groups in total. The number of halogens is 1. The highest BCUT2D eigenvalue weighted by Gasteiger charge is 2.28. The molecule has 5 rings (SSSR count). The summed E-state index contributed by atoms with van der Waals surface area (Å²) in [6.07, 6.45) is 1.52. The molecule has 0 atom stereocenters. The zero-order valence-corrected chi connectivity index (χ0v) is 14.3. The normalized spacial score (nSPS) is 14.9. The number of para-hydroxylation sites is 1. The first-order valence-corrected chi connectivity index (χ1v) is 8.67. The van der Waals surface area contributed by atoms with Gasteiger partial charge in [0.05, 0.1) is 5.69 Å². The summed E-state index contributed by atoms with van der Waals surface area (Å²) in [5.41, 5.74) is 2.02. The quantitative estimate of drug-likeness (QED) is 0.690. The summed E-state index contributed by atoms with van der Waals surface area (Å²) < 4.78 is 30.3. The lowest BCUT2D eigenvalue weighted by atomic mass is 10.0. The van der Waals surface area contributed by atoms with Crippen LogP contribution in [0, 0.1) is 5.82 Å². The number of carbonyl (C=O) groups excluding carboxylic acids is 1. The fraction of sp³-hybridized carbons (Fsp3) is 0.200. The van der Waals surface area contributed by atoms with Gasteiger partial charge < -0.3 is 18.9 Å². The largest absolute Gasteiger partial charge is 0.454 e. The third-order valence-corrected chi connectivity index (χ3v) is 4.80. The minimum atomic E-state index is -0.403. The van der Waals surface area contributed by atoms with Gasteiger partial charge in [-0.15, -0.1) is 0 Å². The molecule has 0 saturated carbocycles. The molecule has 0 unspecified atom stereocenters. The number of benzene rings is 2. The number of hydrogen-bond donors (Lipinski definition) is 0. The van der Waals surface area contributed by atoms with Crippen LogP contribution in [0.1, 0.15) is 22.5 Å². The fourth-order valence-electron chi connectivity index (χ4n) is 3.51. The van der Waals surface area contributed by atoms with Crippen LogP contribution < -0.4 is 14.4 Å². The zero-order valence-electron chi connectivity index (χ0n) is 14.3. The summed E-state index contributed by atoms with van der Waals surface area (Å²) in [6.45, 7) is 0.623. The van der Waals surface area contributed by atoms with E-state index < -0.39 is 5.82 Å². The van der Waals surface area contributed by atoms with Crippen molar-refractivity contribution in [2.75, 3.05) is 18.2 Å². The van der Waals surface area contributed by atoms with E-state index in [1.807, 2.05) is 6.07 Å². The summed E-state index contributed by atoms with van der Waals surface area (Å²) in [4.78, 5) is 14.4. The van der Waals surface area contributed by atoms with Gasteiger partial charge in [0.25, 0.3) is 5.91 Å². The van der Waals surface area contributed by atoms with Gasteiger partial charge in [-0.2, -0.15) is 0 Å². The van der Waals surface area contributed by atoms with Gasteiger partial charge in [0.15, 0.2) is 23.0 Å². The molecule has 0 spiro atoms. The number of amides is 1. The molecule has 3 aromatic rings. The molecule has 1 aromatic heterocycles. The average Bonchev–Trinajstić information content (AvgIpc) is 3.36. The van der Waals surface area contributed by atoms with Crippen molar-refractivity contribution in [1.29, 1.82) is 0 Å². The van der Waals surface area contributed by atoms with Crippen LogP contribution >= 0.6 is 0 Å². The van der Waals surface area contributed by atoms with E-state index >= 15 is 0 Å². The molecule has 6 nitrogen and oxygen atoms in total. The molecular formula is C20H15FN2O4. The van der Waals surface area contributed by atoms with Crippen LogP contribution in [0.25, 0.3) is 11.3 Å². The first-order valence-electron chi connectivity index (χ1n) is 8.67. The molecule has 27 heavy (non-hydrogen) atoms. The van der Waals surface area contributed by atoms with Crippen molar-refractivity contribution < 1.29 is 23.2 Å². The molecule has 0 radical (unpaired) electrons. The monoisotopic (exact) mass is 366 g/mol. The predicted octanol–water partition coefficient (Wildman–Crippen LogP) is 3.80. The topological polar surface area (TPSA) is 64.8 Å². The molecule has 2 aliphatic heterocycles. The van der Waals surface area contributed by atoms with Crippen molar-refractivity contribution in [1.82, 2.24) is 5.16 Å². The van der Waals surface area contributed by atoms with Crippen molar-refractivity contribution >= 4 is 11.6 Å². The predicted molar refractivity (Wildman–Crippen MR) is 94.5 cm³/mol. The molecule has 2 aliphatic rings. The lowest BCUT2D eigenvalue weighted by Gasteiger charge is -2.29. The van der Waals surface area contributed by atoms with E-state index in [0.717, 1.165) is 24.0 Å². The zero-order chi connectivity index (χ0) is 18.4. The van der Waals surface area contributed by atoms with E-state index in [9.17, 15) is 9.18 Å². The minimum absolute atomic E-state index is 0.138. The molecule has 1 amide bonds. The number of hydrogen-bond acceptors (Lipinski definition) is 5. The highest BCUT2D eigenvalue weighted by atomic mass is 19.1. The summed E-state index contributed by atoms with van der Waals surface area (Å²) >= 11 is 0.